The first-order chi connectivity index (χ1) is 13.9. The highest BCUT2D eigenvalue weighted by Gasteiger charge is 2.54. The van der Waals surface area contributed by atoms with Crippen LogP contribution in [0.25, 0.3) is 11.0 Å². The van der Waals surface area contributed by atoms with Gasteiger partial charge in [0.05, 0.1) is 12.9 Å². The standard InChI is InChI=1S/C17H25FN3O7PSi/c1-17(2,3)30(4,5)28-12-10(7-22)26-16(13(12)27-29(24)25)21-6-9(18)11-14(21)19-8-20-15(11)23/h6,8,10,12-13,16,22H,7H2,1-5H3,(H-,19,20,23,24,25)/p+1/t10-,12-,13-,16-/m1/s1. The van der Waals surface area contributed by atoms with Crippen LogP contribution in [0.3, 0.4) is 0 Å². The maximum absolute atomic E-state index is 14.5. The summed E-state index contributed by atoms with van der Waals surface area (Å²) in [6, 6.07) is 0. The topological polar surface area (TPSA) is 136 Å². The number of H-pyrrole nitrogens is 1. The van der Waals surface area contributed by atoms with Crippen LogP contribution in [0.1, 0.15) is 27.0 Å². The molecule has 1 unspecified atom stereocenters. The van der Waals surface area contributed by atoms with Crippen LogP contribution in [-0.4, -0.2) is 57.8 Å². The molecule has 30 heavy (non-hydrogen) atoms. The van der Waals surface area contributed by atoms with E-state index in [0.29, 0.717) is 0 Å². The van der Waals surface area contributed by atoms with Gasteiger partial charge in [0.15, 0.2) is 32.1 Å². The Labute approximate surface area is 174 Å². The van der Waals surface area contributed by atoms with E-state index in [9.17, 15) is 23.7 Å². The van der Waals surface area contributed by atoms with Gasteiger partial charge in [-0.3, -0.25) is 9.36 Å². The minimum atomic E-state index is -3.06. The number of nitrogens with one attached hydrogen (secondary N) is 1. The van der Waals surface area contributed by atoms with Crippen molar-refractivity contribution in [1.82, 2.24) is 14.5 Å². The van der Waals surface area contributed by atoms with Crippen LogP contribution in [0.15, 0.2) is 17.3 Å². The molecule has 0 aromatic carbocycles. The minimum Gasteiger partial charge on any atom is -0.408 e. The smallest absolute Gasteiger partial charge is 0.408 e. The maximum Gasteiger partial charge on any atom is 0.695 e. The van der Waals surface area contributed by atoms with Crippen molar-refractivity contribution >= 4 is 27.6 Å². The van der Waals surface area contributed by atoms with Gasteiger partial charge in [0.25, 0.3) is 5.56 Å². The largest absolute Gasteiger partial charge is 0.695 e. The lowest BCUT2D eigenvalue weighted by Gasteiger charge is -2.39. The average molecular weight is 462 g/mol. The highest BCUT2D eigenvalue weighted by Crippen LogP contribution is 2.44. The molecule has 0 radical (unpaired) electrons. The third kappa shape index (κ3) is 4.13. The van der Waals surface area contributed by atoms with E-state index in [2.05, 4.69) is 9.97 Å². The van der Waals surface area contributed by atoms with Crippen LogP contribution in [0.4, 0.5) is 4.39 Å². The number of hydrogen-bond donors (Lipinski definition) is 3. The molecule has 0 bridgehead atoms. The van der Waals surface area contributed by atoms with Crippen molar-refractivity contribution in [3.63, 3.8) is 0 Å². The van der Waals surface area contributed by atoms with Gasteiger partial charge in [0.1, 0.15) is 17.6 Å². The number of aliphatic hydroxyl groups excluding tert-OH is 1. The summed E-state index contributed by atoms with van der Waals surface area (Å²) in [5.74, 6) is -0.829. The number of fused-ring (bicyclic) bond motifs is 1. The third-order valence-electron chi connectivity index (χ3n) is 5.76. The first-order valence-corrected chi connectivity index (χ1v) is 13.4. The van der Waals surface area contributed by atoms with Crippen molar-refractivity contribution in [2.75, 3.05) is 6.61 Å². The van der Waals surface area contributed by atoms with Gasteiger partial charge in [-0.1, -0.05) is 20.8 Å². The molecular weight excluding hydrogens is 436 g/mol. The minimum absolute atomic E-state index is 0.0207. The highest BCUT2D eigenvalue weighted by molar-refractivity contribution is 7.32. The number of hydrogen-bond acceptors (Lipinski definition) is 7. The van der Waals surface area contributed by atoms with Crippen LogP contribution in [0.5, 0.6) is 0 Å². The third-order valence-corrected chi connectivity index (χ3v) is 10.7. The van der Waals surface area contributed by atoms with Gasteiger partial charge in [-0.15, -0.1) is 9.42 Å². The molecular formula is C17H26FN3O7PSi+. The van der Waals surface area contributed by atoms with Crippen molar-refractivity contribution in [3.05, 3.63) is 28.7 Å². The summed E-state index contributed by atoms with van der Waals surface area (Å²) >= 11 is 0. The molecule has 13 heteroatoms. The van der Waals surface area contributed by atoms with E-state index >= 15 is 0 Å². The first-order valence-electron chi connectivity index (χ1n) is 9.38. The van der Waals surface area contributed by atoms with Crippen LogP contribution >= 0.6 is 8.25 Å². The number of nitrogens with zero attached hydrogens (tertiary/aromatic N) is 2. The van der Waals surface area contributed by atoms with Gasteiger partial charge in [0, 0.05) is 10.8 Å². The second kappa shape index (κ2) is 8.19. The molecule has 1 aliphatic heterocycles. The summed E-state index contributed by atoms with van der Waals surface area (Å²) in [5, 5.41) is 9.41. The zero-order valence-corrected chi connectivity index (χ0v) is 19.2. The van der Waals surface area contributed by atoms with E-state index in [4.69, 9.17) is 13.7 Å². The van der Waals surface area contributed by atoms with Crippen molar-refractivity contribution < 1.29 is 32.6 Å². The molecule has 2 aromatic heterocycles. The molecule has 10 nitrogen and oxygen atoms in total. The Balaban J connectivity index is 2.08. The molecule has 3 heterocycles. The summed E-state index contributed by atoms with van der Waals surface area (Å²) in [5.41, 5.74) is -0.694. The van der Waals surface area contributed by atoms with E-state index in [1.807, 2.05) is 33.9 Å². The van der Waals surface area contributed by atoms with Crippen LogP contribution in [0.2, 0.25) is 18.1 Å². The molecule has 3 N–H and O–H groups in total. The van der Waals surface area contributed by atoms with E-state index in [1.54, 1.807) is 0 Å². The Kier molecular flexibility index (Phi) is 6.32. The van der Waals surface area contributed by atoms with Crippen molar-refractivity contribution in [2.24, 2.45) is 0 Å². The monoisotopic (exact) mass is 462 g/mol. The summed E-state index contributed by atoms with van der Waals surface area (Å²) in [6.07, 6.45) is -1.96. The molecule has 0 amide bonds. The highest BCUT2D eigenvalue weighted by atomic mass is 31.1. The zero-order chi connectivity index (χ0) is 22.4. The molecule has 3 rings (SSSR count). The van der Waals surface area contributed by atoms with Crippen molar-refractivity contribution in [1.29, 1.82) is 0 Å². The quantitative estimate of drug-likeness (QED) is 0.439. The van der Waals surface area contributed by atoms with E-state index < -0.39 is 59.1 Å². The fourth-order valence-corrected chi connectivity index (χ4v) is 4.95. The van der Waals surface area contributed by atoms with Crippen LogP contribution < -0.4 is 5.56 Å². The Morgan fingerprint density at radius 2 is 2.07 bits per heavy atom. The molecule has 2 aromatic rings. The van der Waals surface area contributed by atoms with Gasteiger partial charge in [-0.25, -0.2) is 9.37 Å². The van der Waals surface area contributed by atoms with Gasteiger partial charge < -0.3 is 19.3 Å². The second-order valence-electron chi connectivity index (χ2n) is 8.71. The first kappa shape index (κ1) is 23.1. The normalized spacial score (nSPS) is 25.8. The molecule has 0 spiro atoms. The van der Waals surface area contributed by atoms with Gasteiger partial charge in [0.2, 0.25) is 0 Å². The number of rotatable bonds is 6. The lowest BCUT2D eigenvalue weighted by Crippen LogP contribution is -2.50. The van der Waals surface area contributed by atoms with Gasteiger partial charge >= 0.3 is 8.25 Å². The van der Waals surface area contributed by atoms with Crippen LogP contribution in [-0.2, 0) is 18.3 Å². The zero-order valence-electron chi connectivity index (χ0n) is 17.3. The summed E-state index contributed by atoms with van der Waals surface area (Å²) in [7, 11) is -5.47. The molecule has 1 saturated heterocycles. The number of aliphatic hydroxyl groups is 1. The van der Waals surface area contributed by atoms with Gasteiger partial charge in [-0.2, -0.15) is 0 Å². The predicted octanol–water partition coefficient (Wildman–Crippen LogP) is 2.18. The van der Waals surface area contributed by atoms with E-state index in [-0.39, 0.29) is 16.1 Å². The molecule has 0 aliphatic carbocycles. The molecule has 0 saturated carbocycles. The lowest BCUT2D eigenvalue weighted by molar-refractivity contribution is -0.0480. The number of ether oxygens (including phenoxy) is 1. The summed E-state index contributed by atoms with van der Waals surface area (Å²) in [4.78, 5) is 27.8. The van der Waals surface area contributed by atoms with Crippen molar-refractivity contribution in [2.45, 2.75) is 63.4 Å². The number of halogens is 1. The Bertz CT molecular complexity index is 1010. The Hall–Kier alpha value is -1.53. The van der Waals surface area contributed by atoms with Crippen LogP contribution in [0, 0.1) is 5.82 Å². The van der Waals surface area contributed by atoms with Gasteiger partial charge in [-0.05, 0) is 18.1 Å². The number of aromatic nitrogens is 3. The Morgan fingerprint density at radius 1 is 1.40 bits per heavy atom. The fraction of sp³-hybridized carbons (Fsp3) is 0.647. The van der Waals surface area contributed by atoms with Crippen molar-refractivity contribution in [3.8, 4) is 0 Å². The Morgan fingerprint density at radius 3 is 2.63 bits per heavy atom. The second-order valence-corrected chi connectivity index (χ2v) is 14.2. The predicted molar refractivity (Wildman–Crippen MR) is 108 cm³/mol. The molecule has 1 aliphatic rings. The average Bonchev–Trinajstić information content (AvgIpc) is 3.12. The lowest BCUT2D eigenvalue weighted by atomic mass is 10.1. The number of aromatic amines is 1. The molecule has 1 fully saturated rings. The summed E-state index contributed by atoms with van der Waals surface area (Å²) in [6.45, 7) is 9.58. The summed E-state index contributed by atoms with van der Waals surface area (Å²) < 4.78 is 44.7. The molecule has 166 valence electrons. The van der Waals surface area contributed by atoms with E-state index in [1.165, 1.54) is 4.57 Å². The SMILES string of the molecule is CC(C)(C)[Si](C)(C)O[C@H]1[C@@H](O[P+](=O)O)[C@H](n2cc(F)c3c(=O)[nH]cnc32)O[C@@H]1CO. The fourth-order valence-electron chi connectivity index (χ4n) is 3.20. The maximum atomic E-state index is 14.5. The molecule has 5 atom stereocenters. The van der Waals surface area contributed by atoms with E-state index in [0.717, 1.165) is 12.5 Å².